The average molecular weight is 500 g/mol. The molecule has 34 heavy (non-hydrogen) atoms. The summed E-state index contributed by atoms with van der Waals surface area (Å²) in [6.07, 6.45) is 4.90. The molecule has 6 nitrogen and oxygen atoms in total. The smallest absolute Gasteiger partial charge is 0.252 e. The Kier molecular flexibility index (Phi) is 7.70. The van der Waals surface area contributed by atoms with Crippen molar-refractivity contribution in [2.24, 2.45) is 11.8 Å². The van der Waals surface area contributed by atoms with Gasteiger partial charge in [0.15, 0.2) is 0 Å². The molecule has 0 radical (unpaired) electrons. The highest BCUT2D eigenvalue weighted by Crippen LogP contribution is 2.32. The van der Waals surface area contributed by atoms with Crippen LogP contribution in [-0.4, -0.2) is 31.9 Å². The van der Waals surface area contributed by atoms with Gasteiger partial charge in [0.05, 0.1) is 26.5 Å². The molecule has 2 heterocycles. The largest absolute Gasteiger partial charge is 0.349 e. The predicted molar refractivity (Wildman–Crippen MR) is 139 cm³/mol. The van der Waals surface area contributed by atoms with Crippen molar-refractivity contribution in [2.75, 3.05) is 6.54 Å². The first-order valence-corrected chi connectivity index (χ1v) is 14.5. The number of thiophene rings is 1. The minimum absolute atomic E-state index is 0.104. The van der Waals surface area contributed by atoms with Crippen molar-refractivity contribution < 1.29 is 13.2 Å². The van der Waals surface area contributed by atoms with Gasteiger partial charge in [-0.1, -0.05) is 46.1 Å². The second-order valence-corrected chi connectivity index (χ2v) is 12.0. The van der Waals surface area contributed by atoms with Gasteiger partial charge in [-0.05, 0) is 60.4 Å². The van der Waals surface area contributed by atoms with E-state index >= 15 is 0 Å². The maximum Gasteiger partial charge on any atom is 0.252 e. The van der Waals surface area contributed by atoms with E-state index in [2.05, 4.69) is 23.9 Å². The quantitative estimate of drug-likeness (QED) is 0.395. The highest BCUT2D eigenvalue weighted by atomic mass is 32.2. The van der Waals surface area contributed by atoms with Gasteiger partial charge in [-0.15, -0.1) is 11.3 Å². The van der Waals surface area contributed by atoms with Crippen molar-refractivity contribution in [3.63, 3.8) is 0 Å². The first kappa shape index (κ1) is 24.8. The predicted octanol–water partition coefficient (Wildman–Crippen LogP) is 5.60. The number of nitrogens with one attached hydrogen (secondary N) is 2. The molecule has 1 aromatic carbocycles. The molecule has 4 rings (SSSR count). The zero-order valence-corrected chi connectivity index (χ0v) is 21.6. The van der Waals surface area contributed by atoms with E-state index in [0.717, 1.165) is 36.3 Å². The Morgan fingerprint density at radius 2 is 2.00 bits per heavy atom. The Bertz CT molecular complexity index is 1260. The van der Waals surface area contributed by atoms with Gasteiger partial charge in [0.1, 0.15) is 0 Å². The van der Waals surface area contributed by atoms with Crippen molar-refractivity contribution in [1.29, 1.82) is 0 Å². The van der Waals surface area contributed by atoms with Crippen LogP contribution in [0.3, 0.4) is 0 Å². The molecule has 2 aromatic heterocycles. The van der Waals surface area contributed by atoms with Crippen molar-refractivity contribution in [3.05, 3.63) is 47.3 Å². The lowest BCUT2D eigenvalue weighted by Gasteiger charge is -2.34. The molecule has 1 aliphatic rings. The standard InChI is InChI=1S/C26H33N3O3S2/c1-4-5-13-27-34(31,32)19-11-12-23-20(15-19)21(16-24(28-23)25-10-7-14-33-25)26(30)29-22-9-6-8-17(2)18(22)3/h7,10-12,14-18,22,27H,4-6,8-9,13H2,1-3H3,(H,29,30)/t17-,18+,22+/m0/s1. The third kappa shape index (κ3) is 5.34. The molecule has 3 atom stereocenters. The van der Waals surface area contributed by atoms with Crippen LogP contribution in [0, 0.1) is 11.8 Å². The molecule has 182 valence electrons. The van der Waals surface area contributed by atoms with Crippen LogP contribution in [0.5, 0.6) is 0 Å². The first-order valence-electron chi connectivity index (χ1n) is 12.1. The molecule has 0 saturated heterocycles. The number of sulfonamides is 1. The van der Waals surface area contributed by atoms with Crippen molar-refractivity contribution in [2.45, 2.75) is 63.8 Å². The monoisotopic (exact) mass is 499 g/mol. The van der Waals surface area contributed by atoms with Crippen LogP contribution in [0.4, 0.5) is 0 Å². The second kappa shape index (κ2) is 10.5. The highest BCUT2D eigenvalue weighted by molar-refractivity contribution is 7.89. The third-order valence-electron chi connectivity index (χ3n) is 6.95. The van der Waals surface area contributed by atoms with Gasteiger partial charge in [-0.3, -0.25) is 4.79 Å². The molecule has 8 heteroatoms. The Balaban J connectivity index is 1.75. The summed E-state index contributed by atoms with van der Waals surface area (Å²) in [5, 5.41) is 5.78. The summed E-state index contributed by atoms with van der Waals surface area (Å²) >= 11 is 1.56. The maximum absolute atomic E-state index is 13.6. The van der Waals surface area contributed by atoms with Crippen LogP contribution in [0.2, 0.25) is 0 Å². The van der Waals surface area contributed by atoms with E-state index in [4.69, 9.17) is 4.98 Å². The van der Waals surface area contributed by atoms with Crippen LogP contribution < -0.4 is 10.0 Å². The third-order valence-corrected chi connectivity index (χ3v) is 9.31. The summed E-state index contributed by atoms with van der Waals surface area (Å²) in [5.74, 6) is 0.770. The molecule has 2 N–H and O–H groups in total. The van der Waals surface area contributed by atoms with Crippen molar-refractivity contribution >= 4 is 38.2 Å². The van der Waals surface area contributed by atoms with E-state index in [0.29, 0.717) is 34.8 Å². The van der Waals surface area contributed by atoms with E-state index in [9.17, 15) is 13.2 Å². The molecular formula is C26H33N3O3S2. The van der Waals surface area contributed by atoms with E-state index in [-0.39, 0.29) is 16.8 Å². The number of carbonyl (C=O) groups excluding carboxylic acids is 1. The van der Waals surface area contributed by atoms with E-state index in [1.165, 1.54) is 6.42 Å². The second-order valence-electron chi connectivity index (χ2n) is 9.31. The van der Waals surface area contributed by atoms with Crippen LogP contribution in [0.1, 0.15) is 63.2 Å². The number of hydrogen-bond acceptors (Lipinski definition) is 5. The van der Waals surface area contributed by atoms with Gasteiger partial charge in [0.2, 0.25) is 10.0 Å². The molecule has 0 aliphatic heterocycles. The minimum atomic E-state index is -3.67. The summed E-state index contributed by atoms with van der Waals surface area (Å²) in [6.45, 7) is 6.84. The fourth-order valence-corrected chi connectivity index (χ4v) is 6.40. The van der Waals surface area contributed by atoms with Gasteiger partial charge < -0.3 is 5.32 Å². The van der Waals surface area contributed by atoms with E-state index in [1.807, 2.05) is 24.4 Å². The van der Waals surface area contributed by atoms with Crippen molar-refractivity contribution in [1.82, 2.24) is 15.0 Å². The number of hydrogen-bond donors (Lipinski definition) is 2. The zero-order valence-electron chi connectivity index (χ0n) is 20.0. The number of carbonyl (C=O) groups is 1. The lowest BCUT2D eigenvalue weighted by Crippen LogP contribution is -2.43. The molecule has 1 amide bonds. The molecule has 1 aliphatic carbocycles. The molecule has 1 fully saturated rings. The van der Waals surface area contributed by atoms with Gasteiger partial charge >= 0.3 is 0 Å². The highest BCUT2D eigenvalue weighted by Gasteiger charge is 2.29. The van der Waals surface area contributed by atoms with Gasteiger partial charge in [-0.2, -0.15) is 0 Å². The Morgan fingerprint density at radius 3 is 2.74 bits per heavy atom. The van der Waals surface area contributed by atoms with Crippen molar-refractivity contribution in [3.8, 4) is 10.6 Å². The van der Waals surface area contributed by atoms with Crippen LogP contribution in [-0.2, 0) is 10.0 Å². The number of rotatable bonds is 8. The number of aromatic nitrogens is 1. The molecule has 0 bridgehead atoms. The Hall–Kier alpha value is -2.29. The van der Waals surface area contributed by atoms with E-state index in [1.54, 1.807) is 35.6 Å². The number of unbranched alkanes of at least 4 members (excludes halogenated alkanes) is 1. The number of amides is 1. The first-order chi connectivity index (χ1) is 16.3. The topological polar surface area (TPSA) is 88.2 Å². The number of benzene rings is 1. The van der Waals surface area contributed by atoms with Gasteiger partial charge in [-0.25, -0.2) is 18.1 Å². The maximum atomic E-state index is 13.6. The molecular weight excluding hydrogens is 466 g/mol. The van der Waals surface area contributed by atoms with Gasteiger partial charge in [0, 0.05) is 18.0 Å². The SMILES string of the molecule is CCCCNS(=O)(=O)c1ccc2nc(-c3cccs3)cc(C(=O)N[C@@H]3CCC[C@H](C)[C@H]3C)c2c1. The lowest BCUT2D eigenvalue weighted by molar-refractivity contribution is 0.0892. The van der Waals surface area contributed by atoms with Crippen LogP contribution >= 0.6 is 11.3 Å². The normalized spacial score (nSPS) is 21.0. The summed E-state index contributed by atoms with van der Waals surface area (Å²) in [6, 6.07) is 10.7. The fourth-order valence-electron chi connectivity index (χ4n) is 4.61. The minimum Gasteiger partial charge on any atom is -0.349 e. The lowest BCUT2D eigenvalue weighted by atomic mass is 9.78. The Morgan fingerprint density at radius 1 is 1.18 bits per heavy atom. The number of pyridine rings is 1. The number of fused-ring (bicyclic) bond motifs is 1. The molecule has 3 aromatic rings. The van der Waals surface area contributed by atoms with Crippen LogP contribution in [0.25, 0.3) is 21.5 Å². The molecule has 0 unspecified atom stereocenters. The zero-order chi connectivity index (χ0) is 24.3. The Labute approximate surface area is 206 Å². The van der Waals surface area contributed by atoms with E-state index < -0.39 is 10.0 Å². The molecule has 0 spiro atoms. The van der Waals surface area contributed by atoms with Gasteiger partial charge in [0.25, 0.3) is 5.91 Å². The fraction of sp³-hybridized carbons (Fsp3) is 0.462. The average Bonchev–Trinajstić information content (AvgIpc) is 3.36. The number of nitrogens with zero attached hydrogens (tertiary/aromatic N) is 1. The summed E-state index contributed by atoms with van der Waals surface area (Å²) in [7, 11) is -3.67. The summed E-state index contributed by atoms with van der Waals surface area (Å²) in [4.78, 5) is 19.4. The molecule has 1 saturated carbocycles. The summed E-state index contributed by atoms with van der Waals surface area (Å²) in [5.41, 5.74) is 1.78. The van der Waals surface area contributed by atoms with Crippen LogP contribution in [0.15, 0.2) is 46.7 Å². The summed E-state index contributed by atoms with van der Waals surface area (Å²) < 4.78 is 28.4.